The van der Waals surface area contributed by atoms with Crippen LogP contribution < -0.4 is 0 Å². The Balaban J connectivity index is 2.83. The average molecular weight is 105 g/mol. The van der Waals surface area contributed by atoms with Crippen molar-refractivity contribution in [2.75, 3.05) is 0 Å². The number of pyridine rings is 1. The second-order valence-corrected chi connectivity index (χ2v) is 1.71. The minimum atomic E-state index is 1.10. The molecule has 1 nitrogen and oxygen atoms in total. The number of hydrogen-bond donors (Lipinski definition) is 0. The van der Waals surface area contributed by atoms with Gasteiger partial charge >= 0.3 is 0 Å². The van der Waals surface area contributed by atoms with E-state index in [-0.39, 0.29) is 0 Å². The first kappa shape index (κ1) is 5.35. The van der Waals surface area contributed by atoms with Crippen molar-refractivity contribution in [3.8, 4) is 0 Å². The molecule has 40 valence electrons. The van der Waals surface area contributed by atoms with Gasteiger partial charge in [-0.15, -0.1) is 0 Å². The molecule has 1 aromatic heterocycles. The van der Waals surface area contributed by atoms with E-state index in [1.54, 1.807) is 0 Å². The predicted octanol–water partition coefficient (Wildman–Crippen LogP) is 0.215. The van der Waals surface area contributed by atoms with Gasteiger partial charge in [0, 0.05) is 12.4 Å². The molecule has 0 unspecified atom stereocenters. The molecule has 0 aliphatic rings. The molecule has 0 aromatic carbocycles. The number of nitrogens with zero attached hydrogens (tertiary/aromatic N) is 1. The molecule has 0 aliphatic heterocycles. The van der Waals surface area contributed by atoms with E-state index in [0.717, 1.165) is 6.32 Å². The van der Waals surface area contributed by atoms with Crippen LogP contribution in [0.1, 0.15) is 5.56 Å². The van der Waals surface area contributed by atoms with E-state index in [1.165, 1.54) is 5.56 Å². The number of aromatic nitrogens is 1. The molecule has 0 radical (unpaired) electrons. The molecule has 0 saturated carbocycles. The van der Waals surface area contributed by atoms with Crippen molar-refractivity contribution in [2.24, 2.45) is 0 Å². The molecule has 0 N–H and O–H groups in total. The van der Waals surface area contributed by atoms with Gasteiger partial charge in [0.2, 0.25) is 0 Å². The predicted molar refractivity (Wildman–Crippen MR) is 36.5 cm³/mol. The van der Waals surface area contributed by atoms with E-state index in [0.29, 0.717) is 0 Å². The fourth-order valence-corrected chi connectivity index (χ4v) is 0.618. The summed E-state index contributed by atoms with van der Waals surface area (Å²) in [7, 11) is 2.13. The van der Waals surface area contributed by atoms with Gasteiger partial charge < -0.3 is 0 Å². The standard InChI is InChI=1S/C6H8BN/c7-5-6-1-3-8-4-2-6/h1-4H,5,7H2. The summed E-state index contributed by atoms with van der Waals surface area (Å²) >= 11 is 0. The zero-order chi connectivity index (χ0) is 5.82. The molecule has 1 rings (SSSR count). The summed E-state index contributed by atoms with van der Waals surface area (Å²) in [4.78, 5) is 3.89. The summed E-state index contributed by atoms with van der Waals surface area (Å²) in [5, 5.41) is 0. The molecular formula is C6H8BN. The summed E-state index contributed by atoms with van der Waals surface area (Å²) in [6, 6.07) is 4.06. The summed E-state index contributed by atoms with van der Waals surface area (Å²) < 4.78 is 0. The van der Waals surface area contributed by atoms with E-state index >= 15 is 0 Å². The fraction of sp³-hybridized carbons (Fsp3) is 0.167. The Morgan fingerprint density at radius 3 is 2.38 bits per heavy atom. The maximum Gasteiger partial charge on any atom is 0.107 e. The molecule has 0 spiro atoms. The summed E-state index contributed by atoms with van der Waals surface area (Å²) in [5.74, 6) is 0. The van der Waals surface area contributed by atoms with Crippen LogP contribution in [0.2, 0.25) is 0 Å². The lowest BCUT2D eigenvalue weighted by atomic mass is 9.98. The molecule has 0 fully saturated rings. The van der Waals surface area contributed by atoms with Gasteiger partial charge in [-0.2, -0.15) is 0 Å². The van der Waals surface area contributed by atoms with Crippen molar-refractivity contribution < 1.29 is 0 Å². The van der Waals surface area contributed by atoms with E-state index in [4.69, 9.17) is 0 Å². The quantitative estimate of drug-likeness (QED) is 0.465. The Bertz CT molecular complexity index is 150. The van der Waals surface area contributed by atoms with Crippen molar-refractivity contribution >= 4 is 7.85 Å². The highest BCUT2D eigenvalue weighted by Gasteiger charge is 1.81. The Hall–Kier alpha value is -0.785. The van der Waals surface area contributed by atoms with E-state index in [1.807, 2.05) is 24.5 Å². The van der Waals surface area contributed by atoms with Crippen LogP contribution >= 0.6 is 0 Å². The molecule has 1 aromatic rings. The topological polar surface area (TPSA) is 12.9 Å². The first-order chi connectivity index (χ1) is 3.93. The van der Waals surface area contributed by atoms with Crippen LogP contribution in [0.25, 0.3) is 0 Å². The van der Waals surface area contributed by atoms with Crippen LogP contribution in [0.3, 0.4) is 0 Å². The summed E-state index contributed by atoms with van der Waals surface area (Å²) in [6.07, 6.45) is 4.74. The van der Waals surface area contributed by atoms with Gasteiger partial charge in [0.25, 0.3) is 0 Å². The lowest BCUT2D eigenvalue weighted by molar-refractivity contribution is 1.27. The molecule has 1 heterocycles. The Morgan fingerprint density at radius 1 is 1.38 bits per heavy atom. The van der Waals surface area contributed by atoms with Crippen molar-refractivity contribution in [1.82, 2.24) is 4.98 Å². The fourth-order valence-electron chi connectivity index (χ4n) is 0.618. The number of rotatable bonds is 1. The second-order valence-electron chi connectivity index (χ2n) is 1.71. The van der Waals surface area contributed by atoms with Crippen molar-refractivity contribution in [3.05, 3.63) is 30.1 Å². The molecule has 0 saturated heterocycles. The maximum absolute atomic E-state index is 3.89. The van der Waals surface area contributed by atoms with E-state index < -0.39 is 0 Å². The maximum atomic E-state index is 3.89. The van der Waals surface area contributed by atoms with E-state index in [2.05, 4.69) is 12.8 Å². The van der Waals surface area contributed by atoms with Gasteiger partial charge in [0.15, 0.2) is 0 Å². The Labute approximate surface area is 50.2 Å². The van der Waals surface area contributed by atoms with Gasteiger partial charge in [-0.25, -0.2) is 0 Å². The minimum Gasteiger partial charge on any atom is -0.265 e. The zero-order valence-corrected chi connectivity index (χ0v) is 4.96. The van der Waals surface area contributed by atoms with Crippen LogP contribution in [0.4, 0.5) is 0 Å². The average Bonchev–Trinajstić information content (AvgIpc) is 1.90. The third-order valence-corrected chi connectivity index (χ3v) is 1.16. The third-order valence-electron chi connectivity index (χ3n) is 1.16. The lowest BCUT2D eigenvalue weighted by Crippen LogP contribution is -1.81. The summed E-state index contributed by atoms with van der Waals surface area (Å²) in [5.41, 5.74) is 1.35. The third kappa shape index (κ3) is 1.09. The van der Waals surface area contributed by atoms with Gasteiger partial charge in [-0.05, 0) is 12.1 Å². The Kier molecular flexibility index (Phi) is 1.68. The first-order valence-electron chi connectivity index (χ1n) is 2.82. The minimum absolute atomic E-state index is 1.10. The molecule has 8 heavy (non-hydrogen) atoms. The zero-order valence-electron chi connectivity index (χ0n) is 4.96. The van der Waals surface area contributed by atoms with E-state index in [9.17, 15) is 0 Å². The van der Waals surface area contributed by atoms with Gasteiger partial charge in [0.1, 0.15) is 7.85 Å². The molecule has 0 amide bonds. The highest BCUT2D eigenvalue weighted by atomic mass is 14.6. The van der Waals surface area contributed by atoms with Crippen molar-refractivity contribution in [3.63, 3.8) is 0 Å². The smallest absolute Gasteiger partial charge is 0.107 e. The summed E-state index contributed by atoms with van der Waals surface area (Å²) in [6.45, 7) is 0. The van der Waals surface area contributed by atoms with Gasteiger partial charge in [0.05, 0.1) is 0 Å². The molecule has 0 atom stereocenters. The SMILES string of the molecule is BCc1ccncc1. The van der Waals surface area contributed by atoms with Crippen LogP contribution in [0.15, 0.2) is 24.5 Å². The Morgan fingerprint density at radius 2 is 2.00 bits per heavy atom. The number of hydrogen-bond acceptors (Lipinski definition) is 1. The lowest BCUT2D eigenvalue weighted by Gasteiger charge is -1.89. The van der Waals surface area contributed by atoms with Crippen molar-refractivity contribution in [2.45, 2.75) is 6.32 Å². The highest BCUT2D eigenvalue weighted by molar-refractivity contribution is 6.08. The first-order valence-corrected chi connectivity index (χ1v) is 2.82. The molecular weight excluding hydrogens is 96.9 g/mol. The second kappa shape index (κ2) is 2.50. The molecule has 0 aliphatic carbocycles. The monoisotopic (exact) mass is 105 g/mol. The normalized spacial score (nSPS) is 9.00. The largest absolute Gasteiger partial charge is 0.265 e. The van der Waals surface area contributed by atoms with Crippen LogP contribution in [0.5, 0.6) is 0 Å². The van der Waals surface area contributed by atoms with Gasteiger partial charge in [-0.1, -0.05) is 11.9 Å². The van der Waals surface area contributed by atoms with Crippen molar-refractivity contribution in [1.29, 1.82) is 0 Å². The molecule has 2 heteroatoms. The van der Waals surface area contributed by atoms with Gasteiger partial charge in [-0.3, -0.25) is 4.98 Å². The molecule has 0 bridgehead atoms. The van der Waals surface area contributed by atoms with Crippen LogP contribution in [0, 0.1) is 0 Å². The van der Waals surface area contributed by atoms with Crippen LogP contribution in [-0.4, -0.2) is 12.8 Å². The van der Waals surface area contributed by atoms with Crippen LogP contribution in [-0.2, 0) is 6.32 Å². The highest BCUT2D eigenvalue weighted by Crippen LogP contribution is 1.92.